The van der Waals surface area contributed by atoms with E-state index in [9.17, 15) is 13.2 Å². The van der Waals surface area contributed by atoms with E-state index in [1.54, 1.807) is 11.3 Å². The fraction of sp³-hybridized carbons (Fsp3) is 0.0857. The van der Waals surface area contributed by atoms with Crippen molar-refractivity contribution >= 4 is 42.4 Å². The maximum Gasteiger partial charge on any atom is 0.416 e. The van der Waals surface area contributed by atoms with Gasteiger partial charge in [-0.05, 0) is 81.9 Å². The van der Waals surface area contributed by atoms with Crippen molar-refractivity contribution in [1.29, 1.82) is 0 Å². The Hall–Kier alpha value is -4.55. The Morgan fingerprint density at radius 1 is 0.683 bits per heavy atom. The van der Waals surface area contributed by atoms with Gasteiger partial charge in [-0.1, -0.05) is 61.5 Å². The molecule has 0 radical (unpaired) electrons. The molecule has 6 heteroatoms. The third kappa shape index (κ3) is 4.64. The first-order valence-corrected chi connectivity index (χ1v) is 14.2. The SMILES string of the molecule is CCc1cc(-c2ccc3ccc(-c4ccc(-c5cccc6c5sc5ncccc56)nc4)cc3c2)cc(C(F)(F)F)c1. The van der Waals surface area contributed by atoms with Gasteiger partial charge in [0.15, 0.2) is 0 Å². The van der Waals surface area contributed by atoms with Gasteiger partial charge in [0.25, 0.3) is 0 Å². The van der Waals surface area contributed by atoms with Crippen molar-refractivity contribution in [2.75, 3.05) is 0 Å². The van der Waals surface area contributed by atoms with Crippen LogP contribution in [-0.4, -0.2) is 9.97 Å². The van der Waals surface area contributed by atoms with E-state index in [1.165, 1.54) is 22.2 Å². The van der Waals surface area contributed by atoms with Gasteiger partial charge < -0.3 is 0 Å². The minimum absolute atomic E-state index is 0.534. The monoisotopic (exact) mass is 560 g/mol. The quantitative estimate of drug-likeness (QED) is 0.214. The molecule has 0 spiro atoms. The molecule has 4 aromatic carbocycles. The van der Waals surface area contributed by atoms with Crippen molar-refractivity contribution in [1.82, 2.24) is 9.97 Å². The molecule has 200 valence electrons. The molecule has 0 bridgehead atoms. The van der Waals surface area contributed by atoms with Crippen LogP contribution in [0.15, 0.2) is 109 Å². The summed E-state index contributed by atoms with van der Waals surface area (Å²) in [6, 6.07) is 30.7. The summed E-state index contributed by atoms with van der Waals surface area (Å²) >= 11 is 1.68. The fourth-order valence-corrected chi connectivity index (χ4v) is 6.56. The van der Waals surface area contributed by atoms with Crippen LogP contribution in [0.2, 0.25) is 0 Å². The summed E-state index contributed by atoms with van der Waals surface area (Å²) in [6.45, 7) is 1.87. The first-order chi connectivity index (χ1) is 19.9. The van der Waals surface area contributed by atoms with E-state index in [0.29, 0.717) is 17.5 Å². The van der Waals surface area contributed by atoms with Gasteiger partial charge in [-0.15, -0.1) is 11.3 Å². The second-order valence-corrected chi connectivity index (χ2v) is 11.1. The molecule has 7 aromatic rings. The van der Waals surface area contributed by atoms with E-state index in [0.717, 1.165) is 48.9 Å². The lowest BCUT2D eigenvalue weighted by atomic mass is 9.95. The van der Waals surface area contributed by atoms with E-state index >= 15 is 0 Å². The fourth-order valence-electron chi connectivity index (χ4n) is 5.39. The number of aryl methyl sites for hydroxylation is 1. The van der Waals surface area contributed by atoms with Crippen LogP contribution in [0.25, 0.3) is 64.6 Å². The van der Waals surface area contributed by atoms with Gasteiger partial charge in [0.1, 0.15) is 4.83 Å². The van der Waals surface area contributed by atoms with Gasteiger partial charge in [0.05, 0.1) is 11.3 Å². The lowest BCUT2D eigenvalue weighted by Crippen LogP contribution is -2.06. The molecule has 41 heavy (non-hydrogen) atoms. The summed E-state index contributed by atoms with van der Waals surface area (Å²) in [5.74, 6) is 0. The van der Waals surface area contributed by atoms with Gasteiger partial charge in [0.2, 0.25) is 0 Å². The molecule has 0 unspecified atom stereocenters. The van der Waals surface area contributed by atoms with Gasteiger partial charge in [0, 0.05) is 39.0 Å². The molecule has 0 fully saturated rings. The number of fused-ring (bicyclic) bond motifs is 4. The Labute approximate surface area is 238 Å². The molecule has 0 aliphatic carbocycles. The van der Waals surface area contributed by atoms with Crippen molar-refractivity contribution in [2.45, 2.75) is 19.5 Å². The van der Waals surface area contributed by atoms with Crippen molar-refractivity contribution in [2.24, 2.45) is 0 Å². The summed E-state index contributed by atoms with van der Waals surface area (Å²) in [7, 11) is 0. The summed E-state index contributed by atoms with van der Waals surface area (Å²) in [5.41, 5.74) is 5.31. The summed E-state index contributed by atoms with van der Waals surface area (Å²) < 4.78 is 41.8. The first-order valence-electron chi connectivity index (χ1n) is 13.4. The molecular weight excluding hydrogens is 537 g/mol. The van der Waals surface area contributed by atoms with Crippen LogP contribution in [0.3, 0.4) is 0 Å². The highest BCUT2D eigenvalue weighted by Crippen LogP contribution is 2.39. The second-order valence-electron chi connectivity index (χ2n) is 10.1. The number of nitrogens with zero attached hydrogens (tertiary/aromatic N) is 2. The Morgan fingerprint density at radius 2 is 1.44 bits per heavy atom. The standard InChI is InChI=1S/C35H23F3N2S/c1-2-21-15-26(19-28(16-21)35(36,37)38)24-11-9-22-8-10-23(17-27(22)18-24)25-12-13-32(40-20-25)31-6-3-5-29-30-7-4-14-39-34(30)41-33(29)31/h3-20H,2H2,1H3. The van der Waals surface area contributed by atoms with E-state index in [2.05, 4.69) is 47.4 Å². The molecule has 0 N–H and O–H groups in total. The van der Waals surface area contributed by atoms with Crippen LogP contribution in [-0.2, 0) is 12.6 Å². The minimum Gasteiger partial charge on any atom is -0.256 e. The molecule has 0 aliphatic rings. The van der Waals surface area contributed by atoms with Crippen LogP contribution < -0.4 is 0 Å². The van der Waals surface area contributed by atoms with Gasteiger partial charge >= 0.3 is 6.18 Å². The zero-order chi connectivity index (χ0) is 28.1. The predicted octanol–water partition coefficient (Wildman–Crippen LogP) is 10.6. The topological polar surface area (TPSA) is 25.8 Å². The van der Waals surface area contributed by atoms with Gasteiger partial charge in [-0.3, -0.25) is 4.98 Å². The van der Waals surface area contributed by atoms with Crippen LogP contribution in [0, 0.1) is 0 Å². The summed E-state index contributed by atoms with van der Waals surface area (Å²) in [6.07, 6.45) is -0.154. The lowest BCUT2D eigenvalue weighted by Gasteiger charge is -2.13. The van der Waals surface area contributed by atoms with Gasteiger partial charge in [-0.25, -0.2) is 4.98 Å². The lowest BCUT2D eigenvalue weighted by molar-refractivity contribution is -0.137. The van der Waals surface area contributed by atoms with Crippen molar-refractivity contribution in [3.05, 3.63) is 121 Å². The Morgan fingerprint density at radius 3 is 2.17 bits per heavy atom. The van der Waals surface area contributed by atoms with Crippen LogP contribution >= 0.6 is 11.3 Å². The number of pyridine rings is 2. The molecule has 3 heterocycles. The number of thiophene rings is 1. The van der Waals surface area contributed by atoms with Gasteiger partial charge in [-0.2, -0.15) is 13.2 Å². The molecule has 7 rings (SSSR count). The molecule has 0 amide bonds. The summed E-state index contributed by atoms with van der Waals surface area (Å²) in [4.78, 5) is 10.4. The number of alkyl halides is 3. The maximum atomic E-state index is 13.5. The highest BCUT2D eigenvalue weighted by Gasteiger charge is 2.31. The maximum absolute atomic E-state index is 13.5. The number of hydrogen-bond acceptors (Lipinski definition) is 3. The zero-order valence-corrected chi connectivity index (χ0v) is 22.9. The van der Waals surface area contributed by atoms with E-state index in [4.69, 9.17) is 4.98 Å². The number of rotatable bonds is 4. The van der Waals surface area contributed by atoms with E-state index in [-0.39, 0.29) is 0 Å². The van der Waals surface area contributed by atoms with Crippen molar-refractivity contribution in [3.63, 3.8) is 0 Å². The number of hydrogen-bond donors (Lipinski definition) is 0. The van der Waals surface area contributed by atoms with Crippen molar-refractivity contribution in [3.8, 4) is 33.5 Å². The van der Waals surface area contributed by atoms with Crippen molar-refractivity contribution < 1.29 is 13.2 Å². The molecule has 0 saturated carbocycles. The largest absolute Gasteiger partial charge is 0.416 e. The smallest absolute Gasteiger partial charge is 0.256 e. The Kier molecular flexibility index (Phi) is 6.09. The van der Waals surface area contributed by atoms with Crippen LogP contribution in [0.4, 0.5) is 13.2 Å². The molecular formula is C35H23F3N2S. The molecule has 3 aromatic heterocycles. The highest BCUT2D eigenvalue weighted by molar-refractivity contribution is 7.26. The molecule has 0 aliphatic heterocycles. The zero-order valence-electron chi connectivity index (χ0n) is 22.0. The normalized spacial score (nSPS) is 12.0. The predicted molar refractivity (Wildman–Crippen MR) is 163 cm³/mol. The minimum atomic E-state index is -4.39. The molecule has 0 saturated heterocycles. The Bertz CT molecular complexity index is 2080. The van der Waals surface area contributed by atoms with Crippen LogP contribution in [0.5, 0.6) is 0 Å². The third-order valence-corrected chi connectivity index (χ3v) is 8.71. The second kappa shape index (κ2) is 9.82. The van der Waals surface area contributed by atoms with E-state index < -0.39 is 11.7 Å². The average molecular weight is 561 g/mol. The molecule has 0 atom stereocenters. The average Bonchev–Trinajstić information content (AvgIpc) is 3.39. The molecule has 2 nitrogen and oxygen atoms in total. The third-order valence-electron chi connectivity index (χ3n) is 7.55. The van der Waals surface area contributed by atoms with Crippen LogP contribution in [0.1, 0.15) is 18.1 Å². The highest BCUT2D eigenvalue weighted by atomic mass is 32.1. The first kappa shape index (κ1) is 25.4. The number of halogens is 3. The van der Waals surface area contributed by atoms with E-state index in [1.807, 2.05) is 61.8 Å². The Balaban J connectivity index is 1.25. The number of benzene rings is 4. The summed E-state index contributed by atoms with van der Waals surface area (Å²) in [5, 5.41) is 4.31. The number of aromatic nitrogens is 2.